The predicted molar refractivity (Wildman–Crippen MR) is 56.5 cm³/mol. The standard InChI is InChI=1S/C10H18N2O4/c1-6-7(8(13)12(6)15-5)11-9(14)16-10(2,3)4/h6-7H,1-5H3,(H,11,14)/t6-,7-/m0/s1. The Balaban J connectivity index is 2.45. The first kappa shape index (κ1) is 12.8. The van der Waals surface area contributed by atoms with Crippen LogP contribution in [0.25, 0.3) is 0 Å². The van der Waals surface area contributed by atoms with Crippen molar-refractivity contribution in [2.45, 2.75) is 45.4 Å². The topological polar surface area (TPSA) is 67.9 Å². The maximum atomic E-state index is 11.4. The van der Waals surface area contributed by atoms with Crippen molar-refractivity contribution in [3.8, 4) is 0 Å². The van der Waals surface area contributed by atoms with Gasteiger partial charge in [-0.2, -0.15) is 0 Å². The maximum absolute atomic E-state index is 11.4. The minimum absolute atomic E-state index is 0.176. The second-order valence-corrected chi connectivity index (χ2v) is 4.71. The van der Waals surface area contributed by atoms with Crippen molar-refractivity contribution in [1.82, 2.24) is 10.4 Å². The summed E-state index contributed by atoms with van der Waals surface area (Å²) in [7, 11) is 1.41. The Morgan fingerprint density at radius 2 is 2.00 bits per heavy atom. The molecule has 1 N–H and O–H groups in total. The Labute approximate surface area is 94.8 Å². The lowest BCUT2D eigenvalue weighted by molar-refractivity contribution is -0.220. The van der Waals surface area contributed by atoms with Crippen molar-refractivity contribution in [1.29, 1.82) is 0 Å². The molecule has 0 saturated carbocycles. The first-order valence-corrected chi connectivity index (χ1v) is 5.13. The zero-order chi connectivity index (χ0) is 12.5. The molecule has 92 valence electrons. The molecule has 1 aliphatic heterocycles. The molecule has 0 aromatic heterocycles. The fourth-order valence-corrected chi connectivity index (χ4v) is 1.47. The van der Waals surface area contributed by atoms with Crippen LogP contribution in [0.3, 0.4) is 0 Å². The van der Waals surface area contributed by atoms with Gasteiger partial charge in [-0.3, -0.25) is 9.63 Å². The van der Waals surface area contributed by atoms with Crippen LogP contribution in [-0.4, -0.2) is 41.9 Å². The van der Waals surface area contributed by atoms with E-state index in [0.29, 0.717) is 0 Å². The van der Waals surface area contributed by atoms with Crippen molar-refractivity contribution in [2.75, 3.05) is 7.11 Å². The van der Waals surface area contributed by atoms with Crippen LogP contribution in [0.15, 0.2) is 0 Å². The maximum Gasteiger partial charge on any atom is 0.408 e. The minimum atomic E-state index is -0.589. The van der Waals surface area contributed by atoms with Gasteiger partial charge >= 0.3 is 6.09 Å². The van der Waals surface area contributed by atoms with Gasteiger partial charge in [0, 0.05) is 0 Å². The molecule has 1 heterocycles. The van der Waals surface area contributed by atoms with Gasteiger partial charge in [0.05, 0.1) is 13.2 Å². The summed E-state index contributed by atoms with van der Waals surface area (Å²) >= 11 is 0. The molecule has 0 aliphatic carbocycles. The molecule has 0 bridgehead atoms. The van der Waals surface area contributed by atoms with Crippen LogP contribution < -0.4 is 5.32 Å². The number of carbonyl (C=O) groups excluding carboxylic acids is 2. The zero-order valence-electron chi connectivity index (χ0n) is 10.2. The van der Waals surface area contributed by atoms with E-state index in [9.17, 15) is 9.59 Å². The molecule has 2 amide bonds. The molecule has 1 aliphatic rings. The lowest BCUT2D eigenvalue weighted by Crippen LogP contribution is -2.69. The Hall–Kier alpha value is -1.30. The zero-order valence-corrected chi connectivity index (χ0v) is 10.2. The predicted octanol–water partition coefficient (Wildman–Crippen LogP) is 0.672. The number of alkyl carbamates (subject to hydrolysis) is 1. The van der Waals surface area contributed by atoms with E-state index in [1.54, 1.807) is 27.7 Å². The number of nitrogens with one attached hydrogen (secondary N) is 1. The van der Waals surface area contributed by atoms with Crippen LogP contribution in [0, 0.1) is 0 Å². The Morgan fingerprint density at radius 1 is 1.44 bits per heavy atom. The lowest BCUT2D eigenvalue weighted by Gasteiger charge is -2.42. The van der Waals surface area contributed by atoms with Crippen LogP contribution in [0.2, 0.25) is 0 Å². The van der Waals surface area contributed by atoms with E-state index in [2.05, 4.69) is 5.32 Å². The molecule has 0 aromatic rings. The van der Waals surface area contributed by atoms with Gasteiger partial charge in [-0.25, -0.2) is 9.86 Å². The van der Waals surface area contributed by atoms with Crippen molar-refractivity contribution < 1.29 is 19.2 Å². The van der Waals surface area contributed by atoms with Gasteiger partial charge in [-0.15, -0.1) is 0 Å². The number of hydroxylamine groups is 2. The first-order valence-electron chi connectivity index (χ1n) is 5.13. The van der Waals surface area contributed by atoms with Crippen molar-refractivity contribution in [3.05, 3.63) is 0 Å². The summed E-state index contributed by atoms with van der Waals surface area (Å²) in [5.74, 6) is -0.263. The number of amides is 2. The molecule has 0 unspecified atom stereocenters. The highest BCUT2D eigenvalue weighted by atomic mass is 16.7. The number of carbonyl (C=O) groups is 2. The normalized spacial score (nSPS) is 25.1. The molecule has 0 aromatic carbocycles. The van der Waals surface area contributed by atoms with Gasteiger partial charge in [0.1, 0.15) is 11.6 Å². The van der Waals surface area contributed by atoms with E-state index in [1.807, 2.05) is 0 Å². The highest BCUT2D eigenvalue weighted by molar-refractivity contribution is 5.91. The van der Waals surface area contributed by atoms with E-state index in [-0.39, 0.29) is 11.9 Å². The molecule has 1 saturated heterocycles. The third-order valence-corrected chi connectivity index (χ3v) is 2.20. The molecule has 6 nitrogen and oxygen atoms in total. The number of β-lactam (4-membered cyclic amide) rings is 1. The van der Waals surface area contributed by atoms with Crippen molar-refractivity contribution in [3.63, 3.8) is 0 Å². The number of ether oxygens (including phenoxy) is 1. The largest absolute Gasteiger partial charge is 0.444 e. The molecule has 2 atom stereocenters. The average Bonchev–Trinajstić information content (AvgIpc) is 2.12. The lowest BCUT2D eigenvalue weighted by atomic mass is 10.0. The number of nitrogens with zero attached hydrogens (tertiary/aromatic N) is 1. The second kappa shape index (κ2) is 4.29. The summed E-state index contributed by atoms with van der Waals surface area (Å²) in [4.78, 5) is 27.7. The summed E-state index contributed by atoms with van der Waals surface area (Å²) in [5, 5.41) is 3.71. The van der Waals surface area contributed by atoms with Crippen LogP contribution in [0.5, 0.6) is 0 Å². The fourth-order valence-electron chi connectivity index (χ4n) is 1.47. The Bertz CT molecular complexity index is 298. The summed E-state index contributed by atoms with van der Waals surface area (Å²) in [6.45, 7) is 7.08. The van der Waals surface area contributed by atoms with Gasteiger partial charge in [-0.05, 0) is 27.7 Å². The number of hydrogen-bond acceptors (Lipinski definition) is 4. The van der Waals surface area contributed by atoms with Gasteiger partial charge < -0.3 is 10.1 Å². The summed E-state index contributed by atoms with van der Waals surface area (Å²) in [5.41, 5.74) is -0.568. The van der Waals surface area contributed by atoms with E-state index in [1.165, 1.54) is 12.2 Å². The van der Waals surface area contributed by atoms with Crippen LogP contribution in [0.4, 0.5) is 4.79 Å². The van der Waals surface area contributed by atoms with E-state index in [4.69, 9.17) is 9.57 Å². The molecule has 0 spiro atoms. The number of rotatable bonds is 2. The first-order chi connectivity index (χ1) is 7.26. The SMILES string of the molecule is CON1C(=O)[C@@H](NC(=O)OC(C)(C)C)[C@@H]1C. The van der Waals surface area contributed by atoms with E-state index < -0.39 is 17.7 Å². The van der Waals surface area contributed by atoms with Crippen LogP contribution in [-0.2, 0) is 14.4 Å². The molecule has 16 heavy (non-hydrogen) atoms. The summed E-state index contributed by atoms with van der Waals surface area (Å²) < 4.78 is 5.05. The summed E-state index contributed by atoms with van der Waals surface area (Å²) in [6.07, 6.45) is -0.589. The van der Waals surface area contributed by atoms with Gasteiger partial charge in [0.15, 0.2) is 0 Å². The Kier molecular flexibility index (Phi) is 3.42. The average molecular weight is 230 g/mol. The third-order valence-electron chi connectivity index (χ3n) is 2.20. The third kappa shape index (κ3) is 2.63. The van der Waals surface area contributed by atoms with E-state index in [0.717, 1.165) is 0 Å². The molecule has 1 rings (SSSR count). The minimum Gasteiger partial charge on any atom is -0.444 e. The van der Waals surface area contributed by atoms with Crippen molar-refractivity contribution in [2.24, 2.45) is 0 Å². The quantitative estimate of drug-likeness (QED) is 0.708. The van der Waals surface area contributed by atoms with Crippen LogP contribution in [0.1, 0.15) is 27.7 Å². The molecule has 6 heteroatoms. The molecular weight excluding hydrogens is 212 g/mol. The van der Waals surface area contributed by atoms with Crippen molar-refractivity contribution >= 4 is 12.0 Å². The second-order valence-electron chi connectivity index (χ2n) is 4.71. The molecule has 1 fully saturated rings. The molecular formula is C10H18N2O4. The van der Waals surface area contributed by atoms with Gasteiger partial charge in [-0.1, -0.05) is 0 Å². The number of hydrogen-bond donors (Lipinski definition) is 1. The van der Waals surface area contributed by atoms with E-state index >= 15 is 0 Å². The van der Waals surface area contributed by atoms with Gasteiger partial charge in [0.2, 0.25) is 0 Å². The highest BCUT2D eigenvalue weighted by Crippen LogP contribution is 2.19. The fraction of sp³-hybridized carbons (Fsp3) is 0.800. The monoisotopic (exact) mass is 230 g/mol. The highest BCUT2D eigenvalue weighted by Gasteiger charge is 2.46. The smallest absolute Gasteiger partial charge is 0.408 e. The summed E-state index contributed by atoms with van der Waals surface area (Å²) in [6, 6.07) is -0.736. The molecule has 0 radical (unpaired) electrons. The Morgan fingerprint density at radius 3 is 2.38 bits per heavy atom. The van der Waals surface area contributed by atoms with Gasteiger partial charge in [0.25, 0.3) is 5.91 Å². The van der Waals surface area contributed by atoms with Crippen LogP contribution >= 0.6 is 0 Å².